The van der Waals surface area contributed by atoms with Crippen molar-refractivity contribution < 1.29 is 63.4 Å². The molecule has 0 fully saturated rings. The molecule has 0 aliphatic heterocycles. The van der Waals surface area contributed by atoms with Gasteiger partial charge in [-0.25, -0.2) is 0 Å². The van der Waals surface area contributed by atoms with Gasteiger partial charge in [-0.3, -0.25) is 14.1 Å². The van der Waals surface area contributed by atoms with Crippen molar-refractivity contribution in [2.45, 2.75) is 115 Å². The fourth-order valence-electron chi connectivity index (χ4n) is 3.21. The normalized spacial score (nSPS) is 12.2. The van der Waals surface area contributed by atoms with Gasteiger partial charge in [0.1, 0.15) is 0 Å². The maximum atomic E-state index is 11.6. The number of carbonyl (C=O) groups is 2. The molecule has 0 saturated carbocycles. The summed E-state index contributed by atoms with van der Waals surface area (Å²) in [4.78, 5) is 22.2. The van der Waals surface area contributed by atoms with Crippen molar-refractivity contribution in [1.29, 1.82) is 0 Å². The molecule has 1 atom stereocenters. The van der Waals surface area contributed by atoms with E-state index in [-0.39, 0.29) is 37.6 Å². The standard InChI is InChI=1S/C21H40O7S.Na.H/c1-2-3-4-5-6-7-8-9-10-11-12-13-14-15-16-17-28-21(24)19(18-20(22)23)29(25,26)27;;/h19H,2-18H2,1H3,(H,22,23)(H,25,26,27);;/q;+1;-1. The van der Waals surface area contributed by atoms with Crippen molar-refractivity contribution in [3.8, 4) is 0 Å². The van der Waals surface area contributed by atoms with Gasteiger partial charge in [-0.1, -0.05) is 96.8 Å². The van der Waals surface area contributed by atoms with Crippen LogP contribution in [0.1, 0.15) is 111 Å². The van der Waals surface area contributed by atoms with Gasteiger partial charge < -0.3 is 11.3 Å². The average molecular weight is 461 g/mol. The predicted molar refractivity (Wildman–Crippen MR) is 115 cm³/mol. The second-order valence-electron chi connectivity index (χ2n) is 7.72. The van der Waals surface area contributed by atoms with Crippen molar-refractivity contribution in [2.24, 2.45) is 0 Å². The van der Waals surface area contributed by atoms with E-state index >= 15 is 0 Å². The molecule has 0 aromatic rings. The minimum Gasteiger partial charge on any atom is -1.00 e. The first kappa shape index (κ1) is 32.0. The Hall–Kier alpha value is -0.150. The molecule has 30 heavy (non-hydrogen) atoms. The summed E-state index contributed by atoms with van der Waals surface area (Å²) in [5.41, 5.74) is 0. The summed E-state index contributed by atoms with van der Waals surface area (Å²) in [7, 11) is -4.79. The number of carboxylic acids is 1. The maximum Gasteiger partial charge on any atom is 1.00 e. The van der Waals surface area contributed by atoms with E-state index in [0.29, 0.717) is 6.42 Å². The number of esters is 1. The molecule has 0 aliphatic carbocycles. The predicted octanol–water partition coefficient (Wildman–Crippen LogP) is 2.25. The van der Waals surface area contributed by atoms with Crippen molar-refractivity contribution in [3.63, 3.8) is 0 Å². The Morgan fingerprint density at radius 3 is 1.50 bits per heavy atom. The van der Waals surface area contributed by atoms with Gasteiger partial charge in [0, 0.05) is 0 Å². The minimum atomic E-state index is -4.79. The third-order valence-electron chi connectivity index (χ3n) is 4.97. The van der Waals surface area contributed by atoms with Crippen LogP contribution >= 0.6 is 0 Å². The Kier molecular flexibility index (Phi) is 22.1. The van der Waals surface area contributed by atoms with Crippen LogP contribution in [0.2, 0.25) is 0 Å². The number of carboxylic acid groups (broad SMARTS) is 1. The molecule has 0 spiro atoms. The molecule has 0 rings (SSSR count). The number of ether oxygens (including phenoxy) is 1. The van der Waals surface area contributed by atoms with Crippen LogP contribution in [-0.4, -0.2) is 41.9 Å². The zero-order valence-corrected chi connectivity index (χ0v) is 21.8. The first-order valence-electron chi connectivity index (χ1n) is 11.1. The fourth-order valence-corrected chi connectivity index (χ4v) is 3.87. The molecule has 0 amide bonds. The van der Waals surface area contributed by atoms with Crippen molar-refractivity contribution in [2.75, 3.05) is 6.61 Å². The largest absolute Gasteiger partial charge is 1.00 e. The zero-order chi connectivity index (χ0) is 22.0. The number of rotatable bonds is 20. The third kappa shape index (κ3) is 19.8. The van der Waals surface area contributed by atoms with Crippen molar-refractivity contribution in [1.82, 2.24) is 0 Å². The van der Waals surface area contributed by atoms with Gasteiger partial charge in [0.15, 0.2) is 5.25 Å². The molecule has 0 saturated heterocycles. The van der Waals surface area contributed by atoms with E-state index in [4.69, 9.17) is 14.4 Å². The Bertz CT molecular complexity index is 544. The van der Waals surface area contributed by atoms with Crippen LogP contribution in [0.3, 0.4) is 0 Å². The van der Waals surface area contributed by atoms with Gasteiger partial charge in [0.05, 0.1) is 13.0 Å². The summed E-state index contributed by atoms with van der Waals surface area (Å²) in [6.07, 6.45) is 17.1. The van der Waals surface area contributed by atoms with E-state index in [1.807, 2.05) is 0 Å². The molecule has 0 heterocycles. The average Bonchev–Trinajstić information content (AvgIpc) is 2.64. The Morgan fingerprint density at radius 1 is 0.800 bits per heavy atom. The summed E-state index contributed by atoms with van der Waals surface area (Å²) < 4.78 is 35.9. The second kappa shape index (κ2) is 20.7. The number of unbranched alkanes of at least 4 members (excludes halogenated alkanes) is 14. The van der Waals surface area contributed by atoms with E-state index in [0.717, 1.165) is 19.3 Å². The summed E-state index contributed by atoms with van der Waals surface area (Å²) in [5.74, 6) is -2.70. The third-order valence-corrected chi connectivity index (χ3v) is 6.05. The molecule has 174 valence electrons. The molecular weight excluding hydrogens is 419 g/mol. The number of carbonyl (C=O) groups excluding carboxylic acids is 1. The smallest absolute Gasteiger partial charge is 1.00 e. The molecule has 2 N–H and O–H groups in total. The van der Waals surface area contributed by atoms with Gasteiger partial charge in [0.25, 0.3) is 10.1 Å². The maximum absolute atomic E-state index is 11.6. The van der Waals surface area contributed by atoms with E-state index < -0.39 is 33.7 Å². The molecular formula is C21H41NaO7S. The van der Waals surface area contributed by atoms with Crippen LogP contribution in [0, 0.1) is 0 Å². The molecule has 1 unspecified atom stereocenters. The summed E-state index contributed by atoms with van der Waals surface area (Å²) in [6.45, 7) is 2.27. The topological polar surface area (TPSA) is 118 Å². The summed E-state index contributed by atoms with van der Waals surface area (Å²) in [5, 5.41) is 6.57. The van der Waals surface area contributed by atoms with Gasteiger partial charge in [-0.05, 0) is 6.42 Å². The van der Waals surface area contributed by atoms with E-state index in [2.05, 4.69) is 6.92 Å². The van der Waals surface area contributed by atoms with Crippen LogP contribution < -0.4 is 29.6 Å². The molecule has 0 radical (unpaired) electrons. The van der Waals surface area contributed by atoms with Crippen molar-refractivity contribution >= 4 is 22.1 Å². The van der Waals surface area contributed by atoms with Crippen LogP contribution in [0.4, 0.5) is 0 Å². The van der Waals surface area contributed by atoms with Crippen LogP contribution in [0.5, 0.6) is 0 Å². The van der Waals surface area contributed by atoms with E-state index in [1.165, 1.54) is 70.6 Å². The number of aliphatic carboxylic acids is 1. The minimum absolute atomic E-state index is 0. The SMILES string of the molecule is CCCCCCCCCCCCCCCCCOC(=O)C(CC(=O)O)S(=O)(=O)O.[H-].[Na+]. The van der Waals surface area contributed by atoms with Crippen molar-refractivity contribution in [3.05, 3.63) is 0 Å². The first-order valence-corrected chi connectivity index (χ1v) is 12.6. The van der Waals surface area contributed by atoms with E-state index in [1.54, 1.807) is 0 Å². The number of hydrogen-bond acceptors (Lipinski definition) is 5. The Balaban J connectivity index is -0.00000392. The van der Waals surface area contributed by atoms with Gasteiger partial charge in [-0.2, -0.15) is 8.42 Å². The van der Waals surface area contributed by atoms with Gasteiger partial charge in [0.2, 0.25) is 0 Å². The summed E-state index contributed by atoms with van der Waals surface area (Å²) >= 11 is 0. The molecule has 0 aromatic heterocycles. The van der Waals surface area contributed by atoms with Crippen LogP contribution in [0.15, 0.2) is 0 Å². The van der Waals surface area contributed by atoms with E-state index in [9.17, 15) is 18.0 Å². The molecule has 9 heteroatoms. The Labute approximate surface area is 206 Å². The quantitative estimate of drug-likeness (QED) is 0.124. The molecule has 0 bridgehead atoms. The number of hydrogen-bond donors (Lipinski definition) is 2. The molecule has 0 aliphatic rings. The molecule has 0 aromatic carbocycles. The van der Waals surface area contributed by atoms with Gasteiger partial charge >= 0.3 is 41.5 Å². The van der Waals surface area contributed by atoms with Gasteiger partial charge in [-0.15, -0.1) is 0 Å². The first-order chi connectivity index (χ1) is 13.8. The van der Waals surface area contributed by atoms with Crippen LogP contribution in [-0.2, 0) is 24.4 Å². The second-order valence-corrected chi connectivity index (χ2v) is 9.32. The van der Waals surface area contributed by atoms with Crippen LogP contribution in [0.25, 0.3) is 0 Å². The molecule has 7 nitrogen and oxygen atoms in total. The summed E-state index contributed by atoms with van der Waals surface area (Å²) in [6, 6.07) is 0. The Morgan fingerprint density at radius 2 is 1.17 bits per heavy atom. The monoisotopic (exact) mass is 460 g/mol. The fraction of sp³-hybridized carbons (Fsp3) is 0.905. The zero-order valence-electron chi connectivity index (χ0n) is 19.9.